The minimum atomic E-state index is -0.117. The Morgan fingerprint density at radius 2 is 2.29 bits per heavy atom. The van der Waals surface area contributed by atoms with Gasteiger partial charge in [-0.05, 0) is 31.0 Å². The van der Waals surface area contributed by atoms with Crippen LogP contribution in [-0.4, -0.2) is 18.4 Å². The molecule has 4 heteroatoms. The minimum absolute atomic E-state index is 0.0180. The van der Waals surface area contributed by atoms with Gasteiger partial charge in [0.15, 0.2) is 0 Å². The molecule has 0 aliphatic carbocycles. The van der Waals surface area contributed by atoms with Crippen molar-refractivity contribution in [3.63, 3.8) is 0 Å². The van der Waals surface area contributed by atoms with Crippen molar-refractivity contribution in [1.82, 2.24) is 5.32 Å². The molecule has 0 spiro atoms. The largest absolute Gasteiger partial charge is 0.355 e. The monoisotopic (exact) mass is 232 g/mol. The second-order valence-electron chi connectivity index (χ2n) is 4.40. The van der Waals surface area contributed by atoms with Gasteiger partial charge in [0.1, 0.15) is 0 Å². The molecule has 17 heavy (non-hydrogen) atoms. The summed E-state index contributed by atoms with van der Waals surface area (Å²) < 4.78 is 0. The lowest BCUT2D eigenvalue weighted by atomic mass is 9.98. The van der Waals surface area contributed by atoms with Crippen molar-refractivity contribution < 1.29 is 9.59 Å². The van der Waals surface area contributed by atoms with Crippen molar-refractivity contribution in [3.8, 4) is 0 Å². The van der Waals surface area contributed by atoms with Crippen LogP contribution in [0.2, 0.25) is 0 Å². The Bertz CT molecular complexity index is 433. The first-order valence-corrected chi connectivity index (χ1v) is 5.79. The number of benzene rings is 1. The second-order valence-corrected chi connectivity index (χ2v) is 4.40. The van der Waals surface area contributed by atoms with E-state index in [2.05, 4.69) is 10.6 Å². The fourth-order valence-corrected chi connectivity index (χ4v) is 1.92. The van der Waals surface area contributed by atoms with Crippen LogP contribution in [0.3, 0.4) is 0 Å². The Morgan fingerprint density at radius 1 is 1.47 bits per heavy atom. The van der Waals surface area contributed by atoms with E-state index < -0.39 is 0 Å². The number of hydrogen-bond donors (Lipinski definition) is 2. The number of rotatable bonds is 2. The molecular formula is C13H16N2O2. The lowest BCUT2D eigenvalue weighted by Crippen LogP contribution is -2.40. The molecule has 1 heterocycles. The lowest BCUT2D eigenvalue weighted by Gasteiger charge is -2.21. The van der Waals surface area contributed by atoms with Crippen LogP contribution in [0.1, 0.15) is 18.4 Å². The summed E-state index contributed by atoms with van der Waals surface area (Å²) in [5.74, 6) is -0.103. The van der Waals surface area contributed by atoms with Gasteiger partial charge in [0.25, 0.3) is 0 Å². The number of carbonyl (C=O) groups is 2. The van der Waals surface area contributed by atoms with Gasteiger partial charge in [-0.15, -0.1) is 0 Å². The number of aryl methyl sites for hydroxylation is 1. The number of anilines is 1. The first kappa shape index (κ1) is 11.6. The van der Waals surface area contributed by atoms with Gasteiger partial charge in [0.05, 0.1) is 5.92 Å². The molecule has 1 unspecified atom stereocenters. The number of piperidine rings is 1. The maximum atomic E-state index is 11.9. The van der Waals surface area contributed by atoms with E-state index in [4.69, 9.17) is 0 Å². The number of carbonyl (C=O) groups excluding carboxylic acids is 2. The van der Waals surface area contributed by atoms with Gasteiger partial charge in [-0.3, -0.25) is 9.59 Å². The maximum absolute atomic E-state index is 11.9. The zero-order valence-electron chi connectivity index (χ0n) is 9.82. The van der Waals surface area contributed by atoms with Gasteiger partial charge in [-0.25, -0.2) is 0 Å². The van der Waals surface area contributed by atoms with E-state index in [1.165, 1.54) is 0 Å². The Balaban J connectivity index is 1.95. The van der Waals surface area contributed by atoms with Gasteiger partial charge in [0.2, 0.25) is 11.8 Å². The van der Waals surface area contributed by atoms with E-state index in [1.807, 2.05) is 31.2 Å². The van der Waals surface area contributed by atoms with Crippen molar-refractivity contribution in [2.45, 2.75) is 19.8 Å². The van der Waals surface area contributed by atoms with Crippen molar-refractivity contribution in [1.29, 1.82) is 0 Å². The standard InChI is InChI=1S/C13H16N2O2/c1-9-3-2-4-11(7-9)15-13(17)10-5-6-12(16)14-8-10/h2-4,7,10H,5-6,8H2,1H3,(H,14,16)(H,15,17). The van der Waals surface area contributed by atoms with E-state index in [1.54, 1.807) is 0 Å². The molecule has 1 aromatic carbocycles. The zero-order chi connectivity index (χ0) is 12.3. The summed E-state index contributed by atoms with van der Waals surface area (Å²) in [6.07, 6.45) is 1.06. The number of hydrogen-bond acceptors (Lipinski definition) is 2. The summed E-state index contributed by atoms with van der Waals surface area (Å²) in [7, 11) is 0. The van der Waals surface area contributed by atoms with E-state index in [0.29, 0.717) is 19.4 Å². The maximum Gasteiger partial charge on any atom is 0.229 e. The molecule has 4 nitrogen and oxygen atoms in total. The Labute approximate surface area is 100 Å². The molecule has 1 fully saturated rings. The van der Waals surface area contributed by atoms with Crippen molar-refractivity contribution in [3.05, 3.63) is 29.8 Å². The highest BCUT2D eigenvalue weighted by Gasteiger charge is 2.24. The Morgan fingerprint density at radius 3 is 2.94 bits per heavy atom. The fraction of sp³-hybridized carbons (Fsp3) is 0.385. The normalized spacial score (nSPS) is 19.6. The van der Waals surface area contributed by atoms with Crippen LogP contribution in [0.25, 0.3) is 0 Å². The van der Waals surface area contributed by atoms with Crippen LogP contribution in [0.5, 0.6) is 0 Å². The predicted octanol–water partition coefficient (Wildman–Crippen LogP) is 1.46. The molecule has 0 aromatic heterocycles. The van der Waals surface area contributed by atoms with Crippen molar-refractivity contribution in [2.24, 2.45) is 5.92 Å². The average Bonchev–Trinajstić information content (AvgIpc) is 2.29. The molecule has 1 saturated heterocycles. The van der Waals surface area contributed by atoms with Crippen molar-refractivity contribution in [2.75, 3.05) is 11.9 Å². The van der Waals surface area contributed by atoms with E-state index in [-0.39, 0.29) is 17.7 Å². The molecule has 1 aromatic rings. The van der Waals surface area contributed by atoms with Gasteiger partial charge < -0.3 is 10.6 Å². The van der Waals surface area contributed by atoms with Gasteiger partial charge in [0, 0.05) is 18.7 Å². The summed E-state index contributed by atoms with van der Waals surface area (Å²) in [5.41, 5.74) is 1.92. The SMILES string of the molecule is Cc1cccc(NC(=O)C2CCC(=O)NC2)c1. The summed E-state index contributed by atoms with van der Waals surface area (Å²) in [5, 5.41) is 5.59. The van der Waals surface area contributed by atoms with Crippen LogP contribution in [0.15, 0.2) is 24.3 Å². The third kappa shape index (κ3) is 3.06. The molecule has 2 rings (SSSR count). The number of amides is 2. The summed E-state index contributed by atoms with van der Waals surface area (Å²) >= 11 is 0. The Kier molecular flexibility index (Phi) is 3.42. The van der Waals surface area contributed by atoms with Crippen LogP contribution < -0.4 is 10.6 Å². The van der Waals surface area contributed by atoms with E-state index in [0.717, 1.165) is 11.3 Å². The summed E-state index contributed by atoms with van der Waals surface area (Å²) in [6, 6.07) is 7.69. The van der Waals surface area contributed by atoms with Crippen LogP contribution >= 0.6 is 0 Å². The molecule has 1 aliphatic heterocycles. The second kappa shape index (κ2) is 4.99. The van der Waals surface area contributed by atoms with Gasteiger partial charge >= 0.3 is 0 Å². The Hall–Kier alpha value is -1.84. The first-order valence-electron chi connectivity index (χ1n) is 5.79. The number of nitrogens with one attached hydrogen (secondary N) is 2. The third-order valence-electron chi connectivity index (χ3n) is 2.92. The van der Waals surface area contributed by atoms with Gasteiger partial charge in [-0.1, -0.05) is 12.1 Å². The summed E-state index contributed by atoms with van der Waals surface area (Å²) in [4.78, 5) is 22.9. The van der Waals surface area contributed by atoms with Crippen molar-refractivity contribution >= 4 is 17.5 Å². The van der Waals surface area contributed by atoms with Crippen LogP contribution in [-0.2, 0) is 9.59 Å². The quantitative estimate of drug-likeness (QED) is 0.811. The predicted molar refractivity (Wildman–Crippen MR) is 65.5 cm³/mol. The highest BCUT2D eigenvalue weighted by molar-refractivity contribution is 5.94. The molecule has 2 N–H and O–H groups in total. The molecule has 0 saturated carbocycles. The smallest absolute Gasteiger partial charge is 0.229 e. The summed E-state index contributed by atoms with van der Waals surface area (Å²) in [6.45, 7) is 2.42. The van der Waals surface area contributed by atoms with E-state index >= 15 is 0 Å². The molecule has 2 amide bonds. The highest BCUT2D eigenvalue weighted by atomic mass is 16.2. The van der Waals surface area contributed by atoms with Crippen LogP contribution in [0, 0.1) is 12.8 Å². The zero-order valence-corrected chi connectivity index (χ0v) is 9.82. The molecule has 0 radical (unpaired) electrons. The molecule has 1 aliphatic rings. The highest BCUT2D eigenvalue weighted by Crippen LogP contribution is 2.15. The molecule has 90 valence electrons. The molecule has 1 atom stereocenters. The van der Waals surface area contributed by atoms with Gasteiger partial charge in [-0.2, -0.15) is 0 Å². The molecular weight excluding hydrogens is 216 g/mol. The van der Waals surface area contributed by atoms with Crippen LogP contribution in [0.4, 0.5) is 5.69 Å². The lowest BCUT2D eigenvalue weighted by molar-refractivity contribution is -0.126. The first-order chi connectivity index (χ1) is 8.15. The fourth-order valence-electron chi connectivity index (χ4n) is 1.92. The van der Waals surface area contributed by atoms with E-state index in [9.17, 15) is 9.59 Å². The topological polar surface area (TPSA) is 58.2 Å². The third-order valence-corrected chi connectivity index (χ3v) is 2.92. The minimum Gasteiger partial charge on any atom is -0.355 e. The molecule has 0 bridgehead atoms. The average molecular weight is 232 g/mol.